The Morgan fingerprint density at radius 2 is 1.55 bits per heavy atom. The molecule has 20 heavy (non-hydrogen) atoms. The fourth-order valence-corrected chi connectivity index (χ4v) is 2.06. The van der Waals surface area contributed by atoms with Crippen molar-refractivity contribution in [1.82, 2.24) is 0 Å². The molecule has 2 aromatic carbocycles. The Balaban J connectivity index is 2.09. The summed E-state index contributed by atoms with van der Waals surface area (Å²) in [5.74, 6) is 1.27. The molecule has 1 unspecified atom stereocenters. The van der Waals surface area contributed by atoms with Crippen LogP contribution in [0.25, 0.3) is 5.76 Å². The molecule has 0 saturated carbocycles. The van der Waals surface area contributed by atoms with Crippen molar-refractivity contribution < 1.29 is 4.74 Å². The molecule has 2 aromatic rings. The molecule has 102 valence electrons. The van der Waals surface area contributed by atoms with Crippen molar-refractivity contribution >= 4 is 5.76 Å². The number of hydrogen-bond acceptors (Lipinski definition) is 1. The molecular formula is C19H20O. The van der Waals surface area contributed by atoms with Crippen LogP contribution in [-0.2, 0) is 4.74 Å². The number of hydrogen-bond donors (Lipinski definition) is 0. The topological polar surface area (TPSA) is 9.23 Å². The Morgan fingerprint density at radius 3 is 2.15 bits per heavy atom. The van der Waals surface area contributed by atoms with Crippen LogP contribution >= 0.6 is 0 Å². The highest BCUT2D eigenvalue weighted by atomic mass is 16.5. The van der Waals surface area contributed by atoms with Crippen molar-refractivity contribution in [2.45, 2.75) is 12.8 Å². The van der Waals surface area contributed by atoms with Gasteiger partial charge in [-0.2, -0.15) is 0 Å². The van der Waals surface area contributed by atoms with Gasteiger partial charge in [-0.05, 0) is 17.6 Å². The van der Waals surface area contributed by atoms with E-state index in [1.54, 1.807) is 7.11 Å². The molecule has 0 aliphatic rings. The first-order valence-corrected chi connectivity index (χ1v) is 6.84. The third kappa shape index (κ3) is 3.86. The van der Waals surface area contributed by atoms with Crippen LogP contribution in [0.1, 0.15) is 24.0 Å². The smallest absolute Gasteiger partial charge is 0.126 e. The third-order valence-corrected chi connectivity index (χ3v) is 3.25. The van der Waals surface area contributed by atoms with Crippen LogP contribution in [0.5, 0.6) is 0 Å². The molecule has 1 atom stereocenters. The van der Waals surface area contributed by atoms with Crippen LogP contribution in [0, 0.1) is 0 Å². The van der Waals surface area contributed by atoms with E-state index in [4.69, 9.17) is 4.74 Å². The van der Waals surface area contributed by atoms with Crippen LogP contribution in [-0.4, -0.2) is 7.11 Å². The number of allylic oxidation sites excluding steroid dienone is 3. The summed E-state index contributed by atoms with van der Waals surface area (Å²) in [4.78, 5) is 0. The van der Waals surface area contributed by atoms with Gasteiger partial charge in [0.25, 0.3) is 0 Å². The van der Waals surface area contributed by atoms with Crippen LogP contribution in [0.4, 0.5) is 0 Å². The van der Waals surface area contributed by atoms with Gasteiger partial charge >= 0.3 is 0 Å². The van der Waals surface area contributed by atoms with Gasteiger partial charge in [0.2, 0.25) is 0 Å². The average Bonchev–Trinajstić information content (AvgIpc) is 2.53. The normalized spacial score (nSPS) is 13.4. The fourth-order valence-electron chi connectivity index (χ4n) is 2.06. The Morgan fingerprint density at radius 1 is 0.950 bits per heavy atom. The molecule has 0 heterocycles. The van der Waals surface area contributed by atoms with Crippen LogP contribution in [0.15, 0.2) is 78.9 Å². The maximum Gasteiger partial charge on any atom is 0.126 e. The molecule has 0 N–H and O–H groups in total. The van der Waals surface area contributed by atoms with Gasteiger partial charge in [0.05, 0.1) is 7.11 Å². The van der Waals surface area contributed by atoms with E-state index in [9.17, 15) is 0 Å². The molecule has 0 amide bonds. The van der Waals surface area contributed by atoms with Crippen molar-refractivity contribution in [2.75, 3.05) is 7.11 Å². The molecule has 0 aliphatic heterocycles. The first-order chi connectivity index (χ1) is 9.81. The largest absolute Gasteiger partial charge is 0.496 e. The van der Waals surface area contributed by atoms with Crippen molar-refractivity contribution in [3.05, 3.63) is 90.0 Å². The van der Waals surface area contributed by atoms with Gasteiger partial charge in [0.15, 0.2) is 0 Å². The Hall–Kier alpha value is -2.28. The summed E-state index contributed by atoms with van der Waals surface area (Å²) in [5.41, 5.74) is 2.41. The monoisotopic (exact) mass is 264 g/mol. The summed E-state index contributed by atoms with van der Waals surface area (Å²) >= 11 is 0. The molecule has 0 radical (unpaired) electrons. The second kappa shape index (κ2) is 7.34. The molecule has 2 rings (SSSR count). The minimum Gasteiger partial charge on any atom is -0.496 e. The van der Waals surface area contributed by atoms with E-state index in [2.05, 4.69) is 43.3 Å². The Labute approximate surface area is 121 Å². The minimum atomic E-state index is 0.390. The van der Waals surface area contributed by atoms with Crippen molar-refractivity contribution in [2.24, 2.45) is 0 Å². The number of benzene rings is 2. The van der Waals surface area contributed by atoms with E-state index in [1.807, 2.05) is 42.5 Å². The highest BCUT2D eigenvalue weighted by molar-refractivity contribution is 5.61. The predicted octanol–water partition coefficient (Wildman–Crippen LogP) is 5.03. The van der Waals surface area contributed by atoms with Gasteiger partial charge < -0.3 is 4.74 Å². The van der Waals surface area contributed by atoms with Gasteiger partial charge in [0, 0.05) is 5.56 Å². The molecule has 0 saturated heterocycles. The van der Waals surface area contributed by atoms with Crippen LogP contribution < -0.4 is 0 Å². The molecule has 0 fully saturated rings. The Bertz CT molecular complexity index is 567. The molecule has 0 aliphatic carbocycles. The van der Waals surface area contributed by atoms with Crippen molar-refractivity contribution in [3.8, 4) is 0 Å². The molecular weight excluding hydrogens is 244 g/mol. The zero-order chi connectivity index (χ0) is 14.2. The van der Waals surface area contributed by atoms with E-state index >= 15 is 0 Å². The summed E-state index contributed by atoms with van der Waals surface area (Å²) in [6, 6.07) is 20.6. The van der Waals surface area contributed by atoms with Crippen molar-refractivity contribution in [1.29, 1.82) is 0 Å². The van der Waals surface area contributed by atoms with Gasteiger partial charge in [-0.25, -0.2) is 0 Å². The van der Waals surface area contributed by atoms with Crippen LogP contribution in [0.2, 0.25) is 0 Å². The highest BCUT2D eigenvalue weighted by Crippen LogP contribution is 2.18. The van der Waals surface area contributed by atoms with Gasteiger partial charge in [-0.3, -0.25) is 0 Å². The van der Waals surface area contributed by atoms with E-state index in [1.165, 1.54) is 5.56 Å². The standard InChI is InChI=1S/C19H20O/c1-16(17-11-5-3-6-12-17)10-9-15-19(20-2)18-13-7-4-8-14-18/h3-16H,1-2H3/b10-9+,19-15-. The summed E-state index contributed by atoms with van der Waals surface area (Å²) in [6.07, 6.45) is 6.25. The summed E-state index contributed by atoms with van der Waals surface area (Å²) in [5, 5.41) is 0. The summed E-state index contributed by atoms with van der Waals surface area (Å²) in [7, 11) is 1.70. The lowest BCUT2D eigenvalue weighted by Gasteiger charge is -2.06. The van der Waals surface area contributed by atoms with Crippen LogP contribution in [0.3, 0.4) is 0 Å². The Kier molecular flexibility index (Phi) is 5.19. The SMILES string of the molecule is CO/C(=C\C=C\C(C)c1ccccc1)c1ccccc1. The quantitative estimate of drug-likeness (QED) is 0.543. The molecule has 0 aromatic heterocycles. The zero-order valence-corrected chi connectivity index (χ0v) is 12.0. The van der Waals surface area contributed by atoms with Crippen molar-refractivity contribution in [3.63, 3.8) is 0 Å². The lowest BCUT2D eigenvalue weighted by atomic mass is 10.0. The zero-order valence-electron chi connectivity index (χ0n) is 12.0. The third-order valence-electron chi connectivity index (χ3n) is 3.25. The van der Waals surface area contributed by atoms with E-state index in [0.717, 1.165) is 11.3 Å². The fraction of sp³-hybridized carbons (Fsp3) is 0.158. The molecule has 1 heteroatoms. The predicted molar refractivity (Wildman–Crippen MR) is 85.4 cm³/mol. The summed E-state index contributed by atoms with van der Waals surface area (Å²) in [6.45, 7) is 2.19. The molecule has 0 spiro atoms. The van der Waals surface area contributed by atoms with Gasteiger partial charge in [-0.1, -0.05) is 79.7 Å². The lowest BCUT2D eigenvalue weighted by molar-refractivity contribution is 0.370. The number of ether oxygens (including phenoxy) is 1. The lowest BCUT2D eigenvalue weighted by Crippen LogP contribution is -1.88. The first kappa shape index (κ1) is 14.1. The average molecular weight is 264 g/mol. The maximum absolute atomic E-state index is 5.43. The first-order valence-electron chi connectivity index (χ1n) is 6.84. The maximum atomic E-state index is 5.43. The minimum absolute atomic E-state index is 0.390. The second-order valence-electron chi connectivity index (χ2n) is 4.69. The van der Waals surface area contributed by atoms with Gasteiger partial charge in [-0.15, -0.1) is 0 Å². The van der Waals surface area contributed by atoms with Gasteiger partial charge in [0.1, 0.15) is 5.76 Å². The van der Waals surface area contributed by atoms with E-state index in [-0.39, 0.29) is 0 Å². The second-order valence-corrected chi connectivity index (χ2v) is 4.69. The van der Waals surface area contributed by atoms with E-state index < -0.39 is 0 Å². The molecule has 1 nitrogen and oxygen atoms in total. The summed E-state index contributed by atoms with van der Waals surface area (Å²) < 4.78 is 5.43. The number of rotatable bonds is 5. The number of methoxy groups -OCH3 is 1. The molecule has 0 bridgehead atoms. The van der Waals surface area contributed by atoms with E-state index in [0.29, 0.717) is 5.92 Å². The highest BCUT2D eigenvalue weighted by Gasteiger charge is 2.00.